The maximum absolute atomic E-state index is 5.34. The second kappa shape index (κ2) is 4.14. The number of piperidine rings is 1. The van der Waals surface area contributed by atoms with Crippen molar-refractivity contribution in [2.24, 2.45) is 5.41 Å². The number of ether oxygens (including phenoxy) is 1. The maximum atomic E-state index is 5.34. The fraction of sp³-hybridized carbons (Fsp3) is 0.583. The summed E-state index contributed by atoms with van der Waals surface area (Å²) in [6.45, 7) is 4.24. The van der Waals surface area contributed by atoms with Gasteiger partial charge in [0.15, 0.2) is 0 Å². The van der Waals surface area contributed by atoms with Crippen molar-refractivity contribution in [1.82, 2.24) is 4.98 Å². The molecule has 1 aromatic heterocycles. The number of halogens is 1. The van der Waals surface area contributed by atoms with Gasteiger partial charge in [-0.25, -0.2) is 4.98 Å². The molecule has 1 aromatic rings. The summed E-state index contributed by atoms with van der Waals surface area (Å²) < 4.78 is 6.40. The molecule has 2 fully saturated rings. The molecule has 3 heterocycles. The lowest BCUT2D eigenvalue weighted by molar-refractivity contribution is -0.124. The van der Waals surface area contributed by atoms with E-state index in [0.717, 1.165) is 30.0 Å². The van der Waals surface area contributed by atoms with E-state index in [0.29, 0.717) is 5.41 Å². The number of rotatable bonds is 1. The third-order valence-corrected chi connectivity index (χ3v) is 4.36. The van der Waals surface area contributed by atoms with E-state index in [1.807, 2.05) is 6.20 Å². The average molecular weight is 330 g/mol. The van der Waals surface area contributed by atoms with Crippen molar-refractivity contribution in [2.45, 2.75) is 12.8 Å². The first-order valence-corrected chi connectivity index (χ1v) is 6.80. The highest BCUT2D eigenvalue weighted by Gasteiger charge is 2.41. The summed E-state index contributed by atoms with van der Waals surface area (Å²) in [5.74, 6) is 0. The molecule has 3 nitrogen and oxygen atoms in total. The van der Waals surface area contributed by atoms with Gasteiger partial charge in [0.2, 0.25) is 0 Å². The molecule has 0 unspecified atom stereocenters. The minimum absolute atomic E-state index is 0.521. The summed E-state index contributed by atoms with van der Waals surface area (Å²) >= 11 is 2.24. The number of aromatic nitrogens is 1. The first-order valence-electron chi connectivity index (χ1n) is 5.72. The van der Waals surface area contributed by atoms with E-state index in [9.17, 15) is 0 Å². The molecule has 4 heteroatoms. The maximum Gasteiger partial charge on any atom is 0.101 e. The van der Waals surface area contributed by atoms with E-state index in [1.165, 1.54) is 18.5 Å². The van der Waals surface area contributed by atoms with Crippen molar-refractivity contribution in [3.05, 3.63) is 22.0 Å². The van der Waals surface area contributed by atoms with Gasteiger partial charge < -0.3 is 9.64 Å². The van der Waals surface area contributed by atoms with Crippen molar-refractivity contribution in [3.63, 3.8) is 0 Å². The lowest BCUT2D eigenvalue weighted by atomic mass is 9.77. The Morgan fingerprint density at radius 1 is 1.25 bits per heavy atom. The molecule has 3 rings (SSSR count). The fourth-order valence-corrected chi connectivity index (χ4v) is 2.79. The summed E-state index contributed by atoms with van der Waals surface area (Å²) in [6, 6.07) is 4.25. The Kier molecular flexibility index (Phi) is 2.79. The molecular formula is C12H15IN2O. The zero-order chi connectivity index (χ0) is 11.0. The number of pyridine rings is 1. The number of hydrogen-bond acceptors (Lipinski definition) is 3. The quantitative estimate of drug-likeness (QED) is 0.584. The third kappa shape index (κ3) is 1.93. The summed E-state index contributed by atoms with van der Waals surface area (Å²) in [6.07, 6.45) is 4.51. The molecule has 2 aliphatic rings. The Morgan fingerprint density at radius 3 is 2.50 bits per heavy atom. The second-order valence-corrected chi connectivity index (χ2v) is 5.92. The molecule has 0 bridgehead atoms. The number of nitrogens with zero attached hydrogens (tertiary/aromatic N) is 2. The van der Waals surface area contributed by atoms with Gasteiger partial charge in [-0.1, -0.05) is 0 Å². The lowest BCUT2D eigenvalue weighted by Gasteiger charge is -2.47. The van der Waals surface area contributed by atoms with E-state index < -0.39 is 0 Å². The van der Waals surface area contributed by atoms with Crippen molar-refractivity contribution in [1.29, 1.82) is 0 Å². The van der Waals surface area contributed by atoms with Crippen LogP contribution >= 0.6 is 22.6 Å². The molecule has 0 aliphatic carbocycles. The first-order chi connectivity index (χ1) is 7.77. The van der Waals surface area contributed by atoms with Crippen LogP contribution in [-0.2, 0) is 4.74 Å². The van der Waals surface area contributed by atoms with Gasteiger partial charge in [0, 0.05) is 18.5 Å². The van der Waals surface area contributed by atoms with Gasteiger partial charge in [0.1, 0.15) is 3.70 Å². The molecule has 1 spiro atoms. The van der Waals surface area contributed by atoms with Gasteiger partial charge in [-0.05, 0) is 47.6 Å². The molecular weight excluding hydrogens is 315 g/mol. The first kappa shape index (κ1) is 10.8. The van der Waals surface area contributed by atoms with E-state index in [4.69, 9.17) is 4.74 Å². The highest BCUT2D eigenvalue weighted by molar-refractivity contribution is 14.1. The van der Waals surface area contributed by atoms with Gasteiger partial charge in [0.05, 0.1) is 25.1 Å². The molecule has 0 amide bonds. The van der Waals surface area contributed by atoms with Crippen LogP contribution in [0.4, 0.5) is 5.69 Å². The van der Waals surface area contributed by atoms with E-state index in [1.54, 1.807) is 0 Å². The molecule has 0 N–H and O–H groups in total. The summed E-state index contributed by atoms with van der Waals surface area (Å²) in [5.41, 5.74) is 1.78. The highest BCUT2D eigenvalue weighted by atomic mass is 127. The second-order valence-electron chi connectivity index (χ2n) is 4.82. The molecule has 86 valence electrons. The van der Waals surface area contributed by atoms with Crippen LogP contribution < -0.4 is 4.90 Å². The molecule has 0 radical (unpaired) electrons. The van der Waals surface area contributed by atoms with Gasteiger partial charge in [-0.15, -0.1) is 0 Å². The van der Waals surface area contributed by atoms with Crippen LogP contribution in [0.25, 0.3) is 0 Å². The summed E-state index contributed by atoms with van der Waals surface area (Å²) in [5, 5.41) is 0. The van der Waals surface area contributed by atoms with Crippen molar-refractivity contribution < 1.29 is 4.74 Å². The largest absolute Gasteiger partial charge is 0.380 e. The molecule has 0 saturated carbocycles. The summed E-state index contributed by atoms with van der Waals surface area (Å²) in [4.78, 5) is 6.78. The monoisotopic (exact) mass is 330 g/mol. The van der Waals surface area contributed by atoms with E-state index in [2.05, 4.69) is 44.6 Å². The Labute approximate surface area is 109 Å². The molecule has 2 aliphatic heterocycles. The zero-order valence-electron chi connectivity index (χ0n) is 9.16. The van der Waals surface area contributed by atoms with Gasteiger partial charge in [-0.3, -0.25) is 0 Å². The van der Waals surface area contributed by atoms with E-state index >= 15 is 0 Å². The Morgan fingerprint density at radius 2 is 2.00 bits per heavy atom. The zero-order valence-corrected chi connectivity index (χ0v) is 11.3. The molecule has 2 saturated heterocycles. The van der Waals surface area contributed by atoms with Crippen LogP contribution in [0.1, 0.15) is 12.8 Å². The standard InChI is InChI=1S/C12H15IN2O/c13-11-2-1-10(7-14-11)15-5-3-12(4-6-15)8-16-9-12/h1-2,7H,3-6,8-9H2. The SMILES string of the molecule is Ic1ccc(N2CCC3(CC2)COC3)cn1. The van der Waals surface area contributed by atoms with E-state index in [-0.39, 0.29) is 0 Å². The number of hydrogen-bond donors (Lipinski definition) is 0. The van der Waals surface area contributed by atoms with Crippen molar-refractivity contribution in [3.8, 4) is 0 Å². The topological polar surface area (TPSA) is 25.4 Å². The predicted molar refractivity (Wildman–Crippen MR) is 71.7 cm³/mol. The van der Waals surface area contributed by atoms with Gasteiger partial charge in [-0.2, -0.15) is 0 Å². The van der Waals surface area contributed by atoms with Crippen LogP contribution in [0.5, 0.6) is 0 Å². The van der Waals surface area contributed by atoms with Crippen molar-refractivity contribution >= 4 is 28.3 Å². The smallest absolute Gasteiger partial charge is 0.101 e. The summed E-state index contributed by atoms with van der Waals surface area (Å²) in [7, 11) is 0. The number of anilines is 1. The Bertz CT molecular complexity index is 365. The lowest BCUT2D eigenvalue weighted by Crippen LogP contribution is -2.50. The Balaban J connectivity index is 1.67. The molecule has 0 atom stereocenters. The minimum atomic E-state index is 0.521. The van der Waals surface area contributed by atoms with Crippen LogP contribution in [0.15, 0.2) is 18.3 Å². The minimum Gasteiger partial charge on any atom is -0.380 e. The van der Waals surface area contributed by atoms with Crippen LogP contribution in [0.3, 0.4) is 0 Å². The fourth-order valence-electron chi connectivity index (χ4n) is 2.47. The van der Waals surface area contributed by atoms with Crippen LogP contribution in [-0.4, -0.2) is 31.3 Å². The van der Waals surface area contributed by atoms with Crippen molar-refractivity contribution in [2.75, 3.05) is 31.2 Å². The van der Waals surface area contributed by atoms with Gasteiger partial charge in [0.25, 0.3) is 0 Å². The predicted octanol–water partition coefficient (Wildman–Crippen LogP) is 2.30. The van der Waals surface area contributed by atoms with Crippen LogP contribution in [0, 0.1) is 9.12 Å². The molecule has 16 heavy (non-hydrogen) atoms. The molecule has 0 aromatic carbocycles. The normalized spacial score (nSPS) is 23.2. The third-order valence-electron chi connectivity index (χ3n) is 3.72. The Hall–Kier alpha value is -0.360. The average Bonchev–Trinajstić information content (AvgIpc) is 2.28. The van der Waals surface area contributed by atoms with Crippen LogP contribution in [0.2, 0.25) is 0 Å². The highest BCUT2D eigenvalue weighted by Crippen LogP contribution is 2.39. The van der Waals surface area contributed by atoms with Gasteiger partial charge >= 0.3 is 0 Å².